The minimum Gasteiger partial charge on any atom is -0.444 e. The summed E-state index contributed by atoms with van der Waals surface area (Å²) in [6.07, 6.45) is 6.46. The van der Waals surface area contributed by atoms with Gasteiger partial charge in [-0.05, 0) is 88.5 Å². The van der Waals surface area contributed by atoms with E-state index in [-0.39, 0.29) is 5.91 Å². The van der Waals surface area contributed by atoms with Gasteiger partial charge in [-0.3, -0.25) is 10.1 Å². The highest BCUT2D eigenvalue weighted by Gasteiger charge is 2.48. The smallest absolute Gasteiger partial charge is 0.414 e. The van der Waals surface area contributed by atoms with Crippen LogP contribution in [0.15, 0.2) is 30.3 Å². The number of amides is 2. The van der Waals surface area contributed by atoms with Gasteiger partial charge in [-0.25, -0.2) is 4.79 Å². The summed E-state index contributed by atoms with van der Waals surface area (Å²) in [6.45, 7) is 5.39. The average Bonchev–Trinajstić information content (AvgIpc) is 2.62. The number of imide groups is 1. The lowest BCUT2D eigenvalue weighted by Gasteiger charge is -2.55. The molecular formula is C24H34N2O3. The van der Waals surface area contributed by atoms with Gasteiger partial charge in [-0.15, -0.1) is 0 Å². The Morgan fingerprint density at radius 3 is 2.14 bits per heavy atom. The fourth-order valence-electron chi connectivity index (χ4n) is 6.00. The number of nitrogens with one attached hydrogen (secondary N) is 2. The first kappa shape index (κ1) is 20.4. The highest BCUT2D eigenvalue weighted by atomic mass is 16.6. The molecule has 2 N–H and O–H groups in total. The largest absolute Gasteiger partial charge is 0.444 e. The molecule has 0 unspecified atom stereocenters. The minimum atomic E-state index is -0.674. The normalized spacial score (nSPS) is 31.3. The van der Waals surface area contributed by atoms with E-state index in [4.69, 9.17) is 4.74 Å². The van der Waals surface area contributed by atoms with Crippen LogP contribution in [0.3, 0.4) is 0 Å². The molecule has 1 atom stereocenters. The Hall–Kier alpha value is -1.88. The Labute approximate surface area is 174 Å². The predicted molar refractivity (Wildman–Crippen MR) is 112 cm³/mol. The molecule has 5 rings (SSSR count). The van der Waals surface area contributed by atoms with Crippen molar-refractivity contribution in [3.8, 4) is 0 Å². The van der Waals surface area contributed by atoms with E-state index in [2.05, 4.69) is 10.6 Å². The number of hydrogen-bond donors (Lipinski definition) is 2. The second-order valence-corrected chi connectivity index (χ2v) is 10.4. The maximum Gasteiger partial charge on any atom is 0.414 e. The molecule has 0 radical (unpaired) electrons. The Bertz CT molecular complexity index is 712. The summed E-state index contributed by atoms with van der Waals surface area (Å²) in [7, 11) is 0. The standard InChI is InChI=1S/C24H34N2O3/c1-24(2,3)29-23(28)26-22(27)20(14-15-7-5-4-6-8-15)25-21-18-10-16-9-17(12-18)13-19(21)11-16/h4-8,16-21,25H,9-14H2,1-3H3,(H,26,27,28)/t16?,17?,18?,19?,20-,21?/m0/s1. The van der Waals surface area contributed by atoms with Gasteiger partial charge < -0.3 is 10.1 Å². The molecule has 0 saturated heterocycles. The van der Waals surface area contributed by atoms with Crippen LogP contribution in [0.25, 0.3) is 0 Å². The SMILES string of the molecule is CC(C)(C)OC(=O)NC(=O)[C@H](Cc1ccccc1)NC1C2CC3CC(C2)CC1C3. The van der Waals surface area contributed by atoms with Gasteiger partial charge in [0.1, 0.15) is 5.60 Å². The highest BCUT2D eigenvalue weighted by Crippen LogP contribution is 2.53. The van der Waals surface area contributed by atoms with Gasteiger partial charge in [0.15, 0.2) is 0 Å². The Morgan fingerprint density at radius 2 is 1.59 bits per heavy atom. The van der Waals surface area contributed by atoms with Gasteiger partial charge >= 0.3 is 6.09 Å². The Morgan fingerprint density at radius 1 is 1.00 bits per heavy atom. The molecule has 1 aromatic carbocycles. The monoisotopic (exact) mass is 398 g/mol. The molecular weight excluding hydrogens is 364 g/mol. The van der Waals surface area contributed by atoms with E-state index in [0.717, 1.165) is 17.4 Å². The molecule has 4 fully saturated rings. The summed E-state index contributed by atoms with van der Waals surface area (Å²) in [5.41, 5.74) is 0.460. The van der Waals surface area contributed by atoms with E-state index in [0.29, 0.717) is 24.3 Å². The fraction of sp³-hybridized carbons (Fsp3) is 0.667. The first-order valence-corrected chi connectivity index (χ1v) is 11.1. The maximum atomic E-state index is 13.0. The van der Waals surface area contributed by atoms with Crippen molar-refractivity contribution in [2.24, 2.45) is 23.7 Å². The van der Waals surface area contributed by atoms with Gasteiger partial charge in [-0.1, -0.05) is 30.3 Å². The van der Waals surface area contributed by atoms with Crippen LogP contribution in [0.2, 0.25) is 0 Å². The third kappa shape index (κ3) is 5.00. The van der Waals surface area contributed by atoms with Crippen LogP contribution in [0.4, 0.5) is 4.79 Å². The van der Waals surface area contributed by atoms with E-state index in [9.17, 15) is 9.59 Å². The summed E-state index contributed by atoms with van der Waals surface area (Å²) in [4.78, 5) is 25.2. The molecule has 0 spiro atoms. The van der Waals surface area contributed by atoms with E-state index in [1.165, 1.54) is 32.1 Å². The number of hydrogen-bond acceptors (Lipinski definition) is 4. The fourth-order valence-corrected chi connectivity index (χ4v) is 6.00. The summed E-state index contributed by atoms with van der Waals surface area (Å²) in [6, 6.07) is 9.96. The topological polar surface area (TPSA) is 67.4 Å². The first-order chi connectivity index (χ1) is 13.8. The van der Waals surface area contributed by atoms with Crippen molar-refractivity contribution in [2.45, 2.75) is 77.0 Å². The lowest BCUT2D eigenvalue weighted by molar-refractivity contribution is -0.123. The van der Waals surface area contributed by atoms with Crippen molar-refractivity contribution >= 4 is 12.0 Å². The van der Waals surface area contributed by atoms with Crippen molar-refractivity contribution in [1.82, 2.24) is 10.6 Å². The maximum absolute atomic E-state index is 13.0. The second-order valence-electron chi connectivity index (χ2n) is 10.4. The van der Waals surface area contributed by atoms with Crippen molar-refractivity contribution in [1.29, 1.82) is 0 Å². The Balaban J connectivity index is 1.46. The van der Waals surface area contributed by atoms with Gasteiger partial charge in [0.25, 0.3) is 0 Å². The number of alkyl carbamates (subject to hydrolysis) is 1. The zero-order valence-corrected chi connectivity index (χ0v) is 17.8. The molecule has 0 heterocycles. The summed E-state index contributed by atoms with van der Waals surface area (Å²) < 4.78 is 5.29. The van der Waals surface area contributed by atoms with Crippen molar-refractivity contribution in [3.05, 3.63) is 35.9 Å². The van der Waals surface area contributed by atoms with Crippen LogP contribution in [0, 0.1) is 23.7 Å². The number of ether oxygens (including phenoxy) is 1. The number of benzene rings is 1. The number of carbonyl (C=O) groups excluding carboxylic acids is 2. The molecule has 5 nitrogen and oxygen atoms in total. The predicted octanol–water partition coefficient (Wildman–Crippen LogP) is 4.06. The van der Waals surface area contributed by atoms with Crippen LogP contribution < -0.4 is 10.6 Å². The van der Waals surface area contributed by atoms with Crippen LogP contribution in [0.5, 0.6) is 0 Å². The quantitative estimate of drug-likeness (QED) is 0.785. The molecule has 4 bridgehead atoms. The third-order valence-corrected chi connectivity index (χ3v) is 6.84. The molecule has 1 aromatic rings. The molecule has 4 aliphatic rings. The van der Waals surface area contributed by atoms with E-state index in [1.807, 2.05) is 30.3 Å². The summed E-state index contributed by atoms with van der Waals surface area (Å²) in [5.74, 6) is 2.81. The second kappa shape index (κ2) is 8.10. The van der Waals surface area contributed by atoms with E-state index in [1.54, 1.807) is 20.8 Å². The molecule has 4 saturated carbocycles. The zero-order valence-electron chi connectivity index (χ0n) is 17.8. The van der Waals surface area contributed by atoms with Gasteiger partial charge in [0, 0.05) is 6.04 Å². The van der Waals surface area contributed by atoms with Crippen LogP contribution >= 0.6 is 0 Å². The summed E-state index contributed by atoms with van der Waals surface area (Å²) in [5, 5.41) is 6.16. The van der Waals surface area contributed by atoms with E-state index < -0.39 is 17.7 Å². The molecule has 0 aliphatic heterocycles. The third-order valence-electron chi connectivity index (χ3n) is 6.84. The van der Waals surface area contributed by atoms with Crippen molar-refractivity contribution in [3.63, 3.8) is 0 Å². The molecule has 2 amide bonds. The van der Waals surface area contributed by atoms with E-state index >= 15 is 0 Å². The van der Waals surface area contributed by atoms with Crippen LogP contribution in [-0.2, 0) is 16.0 Å². The zero-order chi connectivity index (χ0) is 20.6. The van der Waals surface area contributed by atoms with Gasteiger partial charge in [0.2, 0.25) is 5.91 Å². The molecule has 29 heavy (non-hydrogen) atoms. The lowest BCUT2D eigenvalue weighted by atomic mass is 9.54. The van der Waals surface area contributed by atoms with Gasteiger partial charge in [-0.2, -0.15) is 0 Å². The number of carbonyl (C=O) groups is 2. The summed E-state index contributed by atoms with van der Waals surface area (Å²) >= 11 is 0. The molecule has 0 aromatic heterocycles. The first-order valence-electron chi connectivity index (χ1n) is 11.1. The Kier molecular flexibility index (Phi) is 5.69. The molecule has 158 valence electrons. The van der Waals surface area contributed by atoms with Crippen LogP contribution in [-0.4, -0.2) is 29.7 Å². The van der Waals surface area contributed by atoms with Crippen molar-refractivity contribution < 1.29 is 14.3 Å². The molecule has 5 heteroatoms. The average molecular weight is 399 g/mol. The van der Waals surface area contributed by atoms with Crippen LogP contribution in [0.1, 0.15) is 58.4 Å². The minimum absolute atomic E-state index is 0.295. The number of rotatable bonds is 5. The lowest BCUT2D eigenvalue weighted by Crippen LogP contribution is -2.60. The molecule has 4 aliphatic carbocycles. The highest BCUT2D eigenvalue weighted by molar-refractivity contribution is 5.95. The van der Waals surface area contributed by atoms with Gasteiger partial charge in [0.05, 0.1) is 6.04 Å². The van der Waals surface area contributed by atoms with Crippen molar-refractivity contribution in [2.75, 3.05) is 0 Å².